The molecule has 1 fully saturated rings. The zero-order valence-corrected chi connectivity index (χ0v) is 25.3. The maximum atomic E-state index is 6.71. The molecule has 0 N–H and O–H groups in total. The molecule has 0 aliphatic carbocycles. The van der Waals surface area contributed by atoms with Crippen LogP contribution >= 0.6 is 22.6 Å². The highest BCUT2D eigenvalue weighted by Gasteiger charge is 2.48. The molecular formula is C35H37IO5. The van der Waals surface area contributed by atoms with Gasteiger partial charge in [0, 0.05) is 4.43 Å². The Morgan fingerprint density at radius 2 is 0.829 bits per heavy atom. The van der Waals surface area contributed by atoms with E-state index >= 15 is 0 Å². The molecule has 0 bridgehead atoms. The van der Waals surface area contributed by atoms with E-state index in [2.05, 4.69) is 71.1 Å². The highest BCUT2D eigenvalue weighted by Crippen LogP contribution is 2.32. The van der Waals surface area contributed by atoms with Crippen molar-refractivity contribution in [1.29, 1.82) is 0 Å². The van der Waals surface area contributed by atoms with E-state index in [-0.39, 0.29) is 24.4 Å². The smallest absolute Gasteiger partial charge is 0.115 e. The van der Waals surface area contributed by atoms with E-state index < -0.39 is 6.10 Å². The first-order valence-corrected chi connectivity index (χ1v) is 15.6. The number of ether oxygens (including phenoxy) is 5. The summed E-state index contributed by atoms with van der Waals surface area (Å²) in [6.45, 7) is 2.25. The van der Waals surface area contributed by atoms with Crippen LogP contribution in [0.3, 0.4) is 0 Å². The van der Waals surface area contributed by atoms with Gasteiger partial charge in [0.2, 0.25) is 0 Å². The van der Waals surface area contributed by atoms with Crippen molar-refractivity contribution in [3.05, 3.63) is 144 Å². The highest BCUT2D eigenvalue weighted by molar-refractivity contribution is 14.1. The van der Waals surface area contributed by atoms with Crippen LogP contribution < -0.4 is 0 Å². The van der Waals surface area contributed by atoms with Crippen LogP contribution in [0.1, 0.15) is 22.3 Å². The standard InChI is InChI=1S/C35H37IO5/c36-21-31-33(38-23-28-15-7-2-8-16-28)35(40-25-30-19-11-4-12-20-30)34(39-24-29-17-9-3-10-18-29)32(41-31)26-37-22-27-13-5-1-6-14-27/h1-20,31-35H,21-26H2/t31-,32-,33-,34-,35-/m1/s1. The first kappa shape index (κ1) is 29.9. The number of halogens is 1. The van der Waals surface area contributed by atoms with Gasteiger partial charge in [-0.15, -0.1) is 0 Å². The quantitative estimate of drug-likeness (QED) is 0.106. The lowest BCUT2D eigenvalue weighted by Crippen LogP contribution is -2.61. The summed E-state index contributed by atoms with van der Waals surface area (Å²) in [5.74, 6) is 0. The molecule has 4 aromatic rings. The Bertz CT molecular complexity index is 1260. The lowest BCUT2D eigenvalue weighted by molar-refractivity contribution is -0.267. The fraction of sp³-hybridized carbons (Fsp3) is 0.314. The molecule has 1 aliphatic heterocycles. The van der Waals surface area contributed by atoms with Crippen molar-refractivity contribution in [2.75, 3.05) is 11.0 Å². The molecule has 5 nitrogen and oxygen atoms in total. The van der Waals surface area contributed by atoms with E-state index in [1.807, 2.05) is 72.8 Å². The van der Waals surface area contributed by atoms with Crippen LogP contribution in [0.15, 0.2) is 121 Å². The Morgan fingerprint density at radius 3 is 1.24 bits per heavy atom. The van der Waals surface area contributed by atoms with Gasteiger partial charge in [0.15, 0.2) is 0 Å². The van der Waals surface area contributed by atoms with Crippen molar-refractivity contribution in [3.8, 4) is 0 Å². The van der Waals surface area contributed by atoms with Crippen LogP contribution in [0.5, 0.6) is 0 Å². The SMILES string of the molecule is IC[C@H]1O[C@H](COCc2ccccc2)[C@@H](OCc2ccccc2)[C@H](OCc2ccccc2)[C@@H]1OCc1ccccc1. The normalized spacial score (nSPS) is 22.4. The molecule has 5 rings (SSSR count). The topological polar surface area (TPSA) is 46.2 Å². The van der Waals surface area contributed by atoms with Crippen molar-refractivity contribution < 1.29 is 23.7 Å². The van der Waals surface area contributed by atoms with E-state index in [9.17, 15) is 0 Å². The van der Waals surface area contributed by atoms with E-state index in [1.165, 1.54) is 0 Å². The molecule has 1 heterocycles. The molecule has 1 saturated heterocycles. The Kier molecular flexibility index (Phi) is 11.8. The van der Waals surface area contributed by atoms with Gasteiger partial charge < -0.3 is 23.7 Å². The van der Waals surface area contributed by atoms with Gasteiger partial charge in [0.25, 0.3) is 0 Å². The molecule has 41 heavy (non-hydrogen) atoms. The van der Waals surface area contributed by atoms with Gasteiger partial charge in [-0.3, -0.25) is 0 Å². The molecular weight excluding hydrogens is 627 g/mol. The molecule has 5 atom stereocenters. The van der Waals surface area contributed by atoms with Crippen molar-refractivity contribution in [3.63, 3.8) is 0 Å². The molecule has 0 saturated carbocycles. The molecule has 4 aromatic carbocycles. The summed E-state index contributed by atoms with van der Waals surface area (Å²) in [6.07, 6.45) is -1.57. The second-order valence-corrected chi connectivity index (χ2v) is 11.0. The summed E-state index contributed by atoms with van der Waals surface area (Å²) in [4.78, 5) is 0. The Morgan fingerprint density at radius 1 is 0.463 bits per heavy atom. The number of benzene rings is 4. The molecule has 214 valence electrons. The molecule has 0 amide bonds. The highest BCUT2D eigenvalue weighted by atomic mass is 127. The minimum Gasteiger partial charge on any atom is -0.374 e. The maximum Gasteiger partial charge on any atom is 0.115 e. The summed E-state index contributed by atoms with van der Waals surface area (Å²) in [5.41, 5.74) is 4.43. The third kappa shape index (κ3) is 8.95. The lowest BCUT2D eigenvalue weighted by atomic mass is 9.94. The van der Waals surface area contributed by atoms with Gasteiger partial charge in [-0.2, -0.15) is 0 Å². The Balaban J connectivity index is 1.38. The minimum absolute atomic E-state index is 0.179. The summed E-state index contributed by atoms with van der Waals surface area (Å²) < 4.78 is 33.6. The Hall–Kier alpha value is -2.59. The van der Waals surface area contributed by atoms with Gasteiger partial charge in [-0.1, -0.05) is 144 Å². The number of rotatable bonds is 14. The van der Waals surface area contributed by atoms with Gasteiger partial charge in [0.05, 0.1) is 39.1 Å². The zero-order chi connectivity index (χ0) is 28.1. The molecule has 0 unspecified atom stereocenters. The summed E-state index contributed by atoms with van der Waals surface area (Å²) in [5, 5.41) is 0. The third-order valence-corrected chi connectivity index (χ3v) is 8.00. The van der Waals surface area contributed by atoms with Crippen molar-refractivity contribution in [1.82, 2.24) is 0 Å². The summed E-state index contributed by atoms with van der Waals surface area (Å²) in [7, 11) is 0. The van der Waals surface area contributed by atoms with Crippen LogP contribution in [0.25, 0.3) is 0 Å². The van der Waals surface area contributed by atoms with Crippen LogP contribution in [0, 0.1) is 0 Å². The predicted molar refractivity (Wildman–Crippen MR) is 169 cm³/mol. The first-order valence-electron chi connectivity index (χ1n) is 14.1. The lowest BCUT2D eigenvalue weighted by Gasteiger charge is -2.46. The number of hydrogen-bond donors (Lipinski definition) is 0. The summed E-state index contributed by atoms with van der Waals surface area (Å²) >= 11 is 2.38. The minimum atomic E-state index is -0.394. The van der Waals surface area contributed by atoms with E-state index in [4.69, 9.17) is 23.7 Å². The van der Waals surface area contributed by atoms with Gasteiger partial charge >= 0.3 is 0 Å². The fourth-order valence-corrected chi connectivity index (χ4v) is 5.72. The monoisotopic (exact) mass is 664 g/mol. The van der Waals surface area contributed by atoms with Crippen LogP contribution in [0.2, 0.25) is 0 Å². The summed E-state index contributed by atoms with van der Waals surface area (Å²) in [6, 6.07) is 40.9. The van der Waals surface area contributed by atoms with Crippen molar-refractivity contribution in [2.24, 2.45) is 0 Å². The van der Waals surface area contributed by atoms with E-state index in [0.717, 1.165) is 26.7 Å². The first-order chi connectivity index (χ1) is 20.3. The van der Waals surface area contributed by atoms with Crippen LogP contribution in [-0.2, 0) is 50.1 Å². The van der Waals surface area contributed by atoms with E-state index in [1.54, 1.807) is 0 Å². The average molecular weight is 665 g/mol. The number of alkyl halides is 1. The molecule has 0 aromatic heterocycles. The number of hydrogen-bond acceptors (Lipinski definition) is 5. The molecule has 1 aliphatic rings. The largest absolute Gasteiger partial charge is 0.374 e. The second kappa shape index (κ2) is 16.2. The molecule has 0 radical (unpaired) electrons. The predicted octanol–water partition coefficient (Wildman–Crippen LogP) is 7.16. The van der Waals surface area contributed by atoms with Crippen molar-refractivity contribution in [2.45, 2.75) is 56.9 Å². The fourth-order valence-electron chi connectivity index (χ4n) is 5.01. The van der Waals surface area contributed by atoms with E-state index in [0.29, 0.717) is 33.0 Å². The molecule has 6 heteroatoms. The van der Waals surface area contributed by atoms with Crippen molar-refractivity contribution >= 4 is 22.6 Å². The molecule has 0 spiro atoms. The van der Waals surface area contributed by atoms with Crippen LogP contribution in [-0.4, -0.2) is 41.6 Å². The second-order valence-electron chi connectivity index (χ2n) is 10.2. The van der Waals surface area contributed by atoms with Gasteiger partial charge in [-0.05, 0) is 22.3 Å². The van der Waals surface area contributed by atoms with Gasteiger partial charge in [-0.25, -0.2) is 0 Å². The zero-order valence-electron chi connectivity index (χ0n) is 23.1. The Labute approximate surface area is 256 Å². The van der Waals surface area contributed by atoms with Gasteiger partial charge in [0.1, 0.15) is 24.4 Å². The van der Waals surface area contributed by atoms with Crippen LogP contribution in [0.4, 0.5) is 0 Å². The third-order valence-electron chi connectivity index (χ3n) is 7.13. The maximum absolute atomic E-state index is 6.71. The average Bonchev–Trinajstić information content (AvgIpc) is 3.04.